The summed E-state index contributed by atoms with van der Waals surface area (Å²) in [5.41, 5.74) is 11.1. The number of hydrogen-bond donors (Lipinski definition) is 1. The van der Waals surface area contributed by atoms with Gasteiger partial charge in [0, 0.05) is 23.2 Å². The van der Waals surface area contributed by atoms with Crippen LogP contribution in [0.1, 0.15) is 16.7 Å². The predicted octanol–water partition coefficient (Wildman–Crippen LogP) is 4.50. The zero-order chi connectivity index (χ0) is 15.7. The SMILES string of the molecule is Cc1ccc(Oc2cc(C)c(-c3csc(N)n3)c(C)c2)nc1. The molecule has 0 atom stereocenters. The van der Waals surface area contributed by atoms with Gasteiger partial charge in [0.05, 0.1) is 5.69 Å². The van der Waals surface area contributed by atoms with Crippen LogP contribution in [-0.4, -0.2) is 9.97 Å². The van der Waals surface area contributed by atoms with Crippen LogP contribution in [-0.2, 0) is 0 Å². The number of aromatic nitrogens is 2. The highest BCUT2D eigenvalue weighted by Crippen LogP contribution is 2.33. The molecular weight excluding hydrogens is 294 g/mol. The number of hydrogen-bond acceptors (Lipinski definition) is 5. The molecule has 0 fully saturated rings. The molecule has 0 amide bonds. The first kappa shape index (κ1) is 14.5. The smallest absolute Gasteiger partial charge is 0.219 e. The molecule has 2 heterocycles. The first-order valence-electron chi connectivity index (χ1n) is 6.96. The van der Waals surface area contributed by atoms with Crippen LogP contribution < -0.4 is 10.5 Å². The molecule has 0 radical (unpaired) electrons. The molecular formula is C17H17N3OS. The summed E-state index contributed by atoms with van der Waals surface area (Å²) < 4.78 is 5.84. The predicted molar refractivity (Wildman–Crippen MR) is 90.5 cm³/mol. The average molecular weight is 311 g/mol. The quantitative estimate of drug-likeness (QED) is 0.773. The molecule has 0 saturated heterocycles. The number of rotatable bonds is 3. The van der Waals surface area contributed by atoms with Crippen LogP contribution in [0, 0.1) is 20.8 Å². The molecule has 1 aromatic carbocycles. The summed E-state index contributed by atoms with van der Waals surface area (Å²) in [6.45, 7) is 6.10. The first-order valence-corrected chi connectivity index (χ1v) is 7.84. The third kappa shape index (κ3) is 2.94. The van der Waals surface area contributed by atoms with E-state index in [1.54, 1.807) is 6.20 Å². The topological polar surface area (TPSA) is 61.0 Å². The number of nitrogens with two attached hydrogens (primary N) is 1. The highest BCUT2D eigenvalue weighted by atomic mass is 32.1. The summed E-state index contributed by atoms with van der Waals surface area (Å²) in [7, 11) is 0. The number of aryl methyl sites for hydroxylation is 3. The molecule has 0 aliphatic rings. The lowest BCUT2D eigenvalue weighted by atomic mass is 10.0. The van der Waals surface area contributed by atoms with Crippen molar-refractivity contribution < 1.29 is 4.74 Å². The van der Waals surface area contributed by atoms with E-state index < -0.39 is 0 Å². The van der Waals surface area contributed by atoms with Gasteiger partial charge in [-0.2, -0.15) is 0 Å². The van der Waals surface area contributed by atoms with Crippen molar-refractivity contribution in [1.29, 1.82) is 0 Å². The average Bonchev–Trinajstić information content (AvgIpc) is 2.87. The summed E-state index contributed by atoms with van der Waals surface area (Å²) in [6.07, 6.45) is 1.79. The molecule has 0 spiro atoms. The van der Waals surface area contributed by atoms with Crippen molar-refractivity contribution in [3.63, 3.8) is 0 Å². The minimum atomic E-state index is 0.581. The van der Waals surface area contributed by atoms with Gasteiger partial charge >= 0.3 is 0 Å². The molecule has 3 aromatic rings. The fourth-order valence-corrected chi connectivity index (χ4v) is 2.98. The Kier molecular flexibility index (Phi) is 3.81. The molecule has 0 bridgehead atoms. The maximum Gasteiger partial charge on any atom is 0.219 e. The van der Waals surface area contributed by atoms with Gasteiger partial charge in [-0.1, -0.05) is 6.07 Å². The van der Waals surface area contributed by atoms with E-state index in [0.29, 0.717) is 11.0 Å². The van der Waals surface area contributed by atoms with Crippen LogP contribution in [0.25, 0.3) is 11.3 Å². The molecule has 22 heavy (non-hydrogen) atoms. The van der Waals surface area contributed by atoms with Crippen LogP contribution >= 0.6 is 11.3 Å². The van der Waals surface area contributed by atoms with Crippen molar-refractivity contribution in [1.82, 2.24) is 9.97 Å². The number of anilines is 1. The summed E-state index contributed by atoms with van der Waals surface area (Å²) in [4.78, 5) is 8.64. The summed E-state index contributed by atoms with van der Waals surface area (Å²) in [6, 6.07) is 7.85. The number of thiazole rings is 1. The lowest BCUT2D eigenvalue weighted by Gasteiger charge is -2.11. The summed E-state index contributed by atoms with van der Waals surface area (Å²) >= 11 is 1.45. The molecule has 2 aromatic heterocycles. The van der Waals surface area contributed by atoms with E-state index >= 15 is 0 Å². The van der Waals surface area contributed by atoms with E-state index in [-0.39, 0.29) is 0 Å². The highest BCUT2D eigenvalue weighted by Gasteiger charge is 2.12. The third-order valence-electron chi connectivity index (χ3n) is 3.39. The molecule has 0 saturated carbocycles. The second-order valence-electron chi connectivity index (χ2n) is 5.28. The fourth-order valence-electron chi connectivity index (χ4n) is 2.42. The van der Waals surface area contributed by atoms with Crippen molar-refractivity contribution in [3.8, 4) is 22.9 Å². The Labute approximate surface area is 133 Å². The highest BCUT2D eigenvalue weighted by molar-refractivity contribution is 7.13. The van der Waals surface area contributed by atoms with Crippen LogP contribution in [0.3, 0.4) is 0 Å². The first-order chi connectivity index (χ1) is 10.5. The summed E-state index contributed by atoms with van der Waals surface area (Å²) in [5.74, 6) is 1.37. The number of ether oxygens (including phenoxy) is 1. The monoisotopic (exact) mass is 311 g/mol. The van der Waals surface area contributed by atoms with Crippen LogP contribution in [0.2, 0.25) is 0 Å². The number of benzene rings is 1. The van der Waals surface area contributed by atoms with Crippen LogP contribution in [0.5, 0.6) is 11.6 Å². The maximum absolute atomic E-state index is 5.84. The Morgan fingerprint density at radius 1 is 1.09 bits per heavy atom. The van der Waals surface area contributed by atoms with Crippen molar-refractivity contribution >= 4 is 16.5 Å². The Balaban J connectivity index is 1.93. The number of nitrogen functional groups attached to an aromatic ring is 1. The van der Waals surface area contributed by atoms with Gasteiger partial charge in [0.2, 0.25) is 5.88 Å². The summed E-state index contributed by atoms with van der Waals surface area (Å²) in [5, 5.41) is 2.56. The molecule has 0 aliphatic carbocycles. The lowest BCUT2D eigenvalue weighted by Crippen LogP contribution is -1.93. The minimum Gasteiger partial charge on any atom is -0.439 e. The molecule has 5 heteroatoms. The standard InChI is InChI=1S/C17H17N3OS/c1-10-4-5-15(19-8-10)21-13-6-11(2)16(12(3)7-13)14-9-22-17(18)20-14/h4-9H,1-3H3,(H2,18,20). The third-order valence-corrected chi connectivity index (χ3v) is 4.06. The minimum absolute atomic E-state index is 0.581. The van der Waals surface area contributed by atoms with E-state index in [4.69, 9.17) is 10.5 Å². The Morgan fingerprint density at radius 2 is 1.82 bits per heavy atom. The second-order valence-corrected chi connectivity index (χ2v) is 6.17. The molecule has 2 N–H and O–H groups in total. The van der Waals surface area contributed by atoms with Crippen molar-refractivity contribution in [3.05, 3.63) is 52.5 Å². The zero-order valence-electron chi connectivity index (χ0n) is 12.8. The van der Waals surface area contributed by atoms with Gasteiger partial charge < -0.3 is 10.5 Å². The Bertz CT molecular complexity index is 786. The molecule has 112 valence electrons. The fraction of sp³-hybridized carbons (Fsp3) is 0.176. The number of pyridine rings is 1. The van der Waals surface area contributed by atoms with Gasteiger partial charge in [0.15, 0.2) is 5.13 Å². The molecule has 0 aliphatic heterocycles. The van der Waals surface area contributed by atoms with Crippen molar-refractivity contribution in [2.75, 3.05) is 5.73 Å². The van der Waals surface area contributed by atoms with E-state index in [0.717, 1.165) is 33.7 Å². The van der Waals surface area contributed by atoms with E-state index in [9.17, 15) is 0 Å². The normalized spacial score (nSPS) is 10.7. The maximum atomic E-state index is 5.84. The van der Waals surface area contributed by atoms with Gasteiger partial charge in [0.1, 0.15) is 5.75 Å². The van der Waals surface area contributed by atoms with Crippen molar-refractivity contribution in [2.24, 2.45) is 0 Å². The second kappa shape index (κ2) is 5.77. The molecule has 4 nitrogen and oxygen atoms in total. The molecule has 0 unspecified atom stereocenters. The zero-order valence-corrected chi connectivity index (χ0v) is 13.6. The largest absolute Gasteiger partial charge is 0.439 e. The van der Waals surface area contributed by atoms with Gasteiger partial charge in [-0.05, 0) is 49.6 Å². The van der Waals surface area contributed by atoms with E-state index in [1.165, 1.54) is 11.3 Å². The Hall–Kier alpha value is -2.40. The van der Waals surface area contributed by atoms with E-state index in [2.05, 4.69) is 9.97 Å². The van der Waals surface area contributed by atoms with Crippen molar-refractivity contribution in [2.45, 2.75) is 20.8 Å². The van der Waals surface area contributed by atoms with Gasteiger partial charge in [-0.25, -0.2) is 9.97 Å². The van der Waals surface area contributed by atoms with Gasteiger partial charge in [-0.15, -0.1) is 11.3 Å². The van der Waals surface area contributed by atoms with E-state index in [1.807, 2.05) is 50.4 Å². The van der Waals surface area contributed by atoms with Crippen LogP contribution in [0.4, 0.5) is 5.13 Å². The lowest BCUT2D eigenvalue weighted by molar-refractivity contribution is 0.462. The Morgan fingerprint density at radius 3 is 2.36 bits per heavy atom. The number of nitrogens with zero attached hydrogens (tertiary/aromatic N) is 2. The van der Waals surface area contributed by atoms with Crippen LogP contribution in [0.15, 0.2) is 35.8 Å². The molecule has 3 rings (SSSR count). The van der Waals surface area contributed by atoms with Gasteiger partial charge in [0.25, 0.3) is 0 Å². The van der Waals surface area contributed by atoms with Gasteiger partial charge in [-0.3, -0.25) is 0 Å².